The highest BCUT2D eigenvalue weighted by Gasteiger charge is 2.52. The number of hydrogen-bond donors (Lipinski definition) is 1. The molecule has 1 amide bonds. The minimum Gasteiger partial charge on any atom is -0.379 e. The van der Waals surface area contributed by atoms with E-state index in [2.05, 4.69) is 5.32 Å². The first-order valence-corrected chi connectivity index (χ1v) is 12.4. The zero-order valence-corrected chi connectivity index (χ0v) is 17.6. The fourth-order valence-corrected chi connectivity index (χ4v) is 7.79. The number of nitrogens with zero attached hydrogens (tertiary/aromatic N) is 1. The van der Waals surface area contributed by atoms with E-state index in [0.29, 0.717) is 49.7 Å². The van der Waals surface area contributed by atoms with Crippen LogP contribution in [-0.4, -0.2) is 44.9 Å². The number of nitrogens with one attached hydrogen (secondary N) is 1. The van der Waals surface area contributed by atoms with Crippen molar-refractivity contribution < 1.29 is 17.9 Å². The average Bonchev–Trinajstić information content (AvgIpc) is 2.94. The molecule has 2 atom stereocenters. The highest BCUT2D eigenvalue weighted by molar-refractivity contribution is 7.89. The van der Waals surface area contributed by atoms with E-state index in [0.717, 1.165) is 19.3 Å². The molecule has 158 valence electrons. The summed E-state index contributed by atoms with van der Waals surface area (Å²) in [7, 11) is -3.51. The molecule has 0 unspecified atom stereocenters. The average molecular weight is 419 g/mol. The van der Waals surface area contributed by atoms with Crippen LogP contribution in [-0.2, 0) is 19.6 Å². The summed E-state index contributed by atoms with van der Waals surface area (Å²) in [6.07, 6.45) is 8.24. The molecule has 4 saturated carbocycles. The van der Waals surface area contributed by atoms with Crippen LogP contribution in [0, 0.1) is 23.2 Å². The second-order valence-corrected chi connectivity index (χ2v) is 11.5. The van der Waals surface area contributed by atoms with Crippen LogP contribution >= 0.6 is 0 Å². The number of carbonyl (C=O) groups excluding carboxylic acids is 1. The molecule has 5 aliphatic rings. The Morgan fingerprint density at radius 1 is 0.966 bits per heavy atom. The number of benzene rings is 1. The van der Waals surface area contributed by atoms with Gasteiger partial charge in [0, 0.05) is 18.8 Å². The van der Waals surface area contributed by atoms with Crippen LogP contribution in [0.25, 0.3) is 0 Å². The van der Waals surface area contributed by atoms with Crippen LogP contribution in [0.15, 0.2) is 29.2 Å². The lowest BCUT2D eigenvalue weighted by molar-refractivity contribution is -0.132. The van der Waals surface area contributed by atoms with Gasteiger partial charge in [-0.1, -0.05) is 12.8 Å². The maximum Gasteiger partial charge on any atom is 0.243 e. The van der Waals surface area contributed by atoms with Crippen molar-refractivity contribution in [3.05, 3.63) is 24.3 Å². The van der Waals surface area contributed by atoms with Gasteiger partial charge in [-0.25, -0.2) is 8.42 Å². The van der Waals surface area contributed by atoms with E-state index in [1.807, 2.05) is 0 Å². The molecule has 1 aliphatic heterocycles. The van der Waals surface area contributed by atoms with Crippen LogP contribution in [0.4, 0.5) is 5.69 Å². The number of ether oxygens (including phenoxy) is 1. The maximum atomic E-state index is 13.3. The van der Waals surface area contributed by atoms with E-state index in [9.17, 15) is 13.2 Å². The molecular weight excluding hydrogens is 388 g/mol. The second kappa shape index (κ2) is 7.36. The number of morpholine rings is 1. The van der Waals surface area contributed by atoms with Gasteiger partial charge < -0.3 is 10.1 Å². The van der Waals surface area contributed by atoms with Gasteiger partial charge in [0.25, 0.3) is 0 Å². The quantitative estimate of drug-likeness (QED) is 0.814. The van der Waals surface area contributed by atoms with Crippen LogP contribution in [0.5, 0.6) is 0 Å². The van der Waals surface area contributed by atoms with E-state index in [1.54, 1.807) is 24.3 Å². The zero-order chi connectivity index (χ0) is 20.1. The summed E-state index contributed by atoms with van der Waals surface area (Å²) in [5, 5.41) is 3.12. The van der Waals surface area contributed by atoms with Crippen molar-refractivity contribution in [1.29, 1.82) is 0 Å². The Kier molecular flexibility index (Phi) is 4.95. The molecule has 1 aromatic carbocycles. The summed E-state index contributed by atoms with van der Waals surface area (Å²) >= 11 is 0. The monoisotopic (exact) mass is 418 g/mol. The van der Waals surface area contributed by atoms with E-state index < -0.39 is 10.0 Å². The Morgan fingerprint density at radius 2 is 1.55 bits per heavy atom. The standard InChI is InChI=1S/C22H30N2O4S/c25-21(22-13-16-1-2-17(14-22)12-18(11-16)15-22)23-19-3-5-20(6-4-19)29(26,27)24-7-9-28-10-8-24/h3-6,16-18H,1-2,7-15H2,(H,23,25)/t16-,17-,18?,22?/m0/s1. The van der Waals surface area contributed by atoms with Crippen LogP contribution in [0.1, 0.15) is 44.9 Å². The first-order chi connectivity index (χ1) is 13.9. The summed E-state index contributed by atoms with van der Waals surface area (Å²) in [6.45, 7) is 1.62. The summed E-state index contributed by atoms with van der Waals surface area (Å²) in [6, 6.07) is 6.65. The third-order valence-corrected chi connectivity index (χ3v) is 9.47. The lowest BCUT2D eigenvalue weighted by atomic mass is 9.58. The number of fused-ring (bicyclic) bond motifs is 1. The molecular formula is C22H30N2O4S. The molecule has 0 aromatic heterocycles. The Balaban J connectivity index is 1.30. The fraction of sp³-hybridized carbons (Fsp3) is 0.682. The Bertz CT molecular complexity index is 861. The fourth-order valence-electron chi connectivity index (χ4n) is 6.38. The summed E-state index contributed by atoms with van der Waals surface area (Å²) in [5.74, 6) is 2.26. The molecule has 1 heterocycles. The number of amides is 1. The molecule has 0 radical (unpaired) electrons. The van der Waals surface area contributed by atoms with E-state index in [1.165, 1.54) is 30.0 Å². The first kappa shape index (κ1) is 19.5. The SMILES string of the molecule is O=C(Nc1ccc(S(=O)(=O)N2CCOCC2)cc1)C12CC3C[C@H](CC[C@@H](C3)C1)C2. The molecule has 0 spiro atoms. The van der Waals surface area contributed by atoms with Gasteiger partial charge in [-0.3, -0.25) is 4.79 Å². The third kappa shape index (κ3) is 3.62. The number of hydrogen-bond acceptors (Lipinski definition) is 4. The van der Waals surface area contributed by atoms with Gasteiger partial charge in [-0.05, 0) is 74.1 Å². The molecule has 5 fully saturated rings. The minimum absolute atomic E-state index is 0.141. The van der Waals surface area contributed by atoms with Gasteiger partial charge in [-0.15, -0.1) is 0 Å². The van der Waals surface area contributed by atoms with Gasteiger partial charge in [0.15, 0.2) is 0 Å². The molecule has 1 N–H and O–H groups in total. The molecule has 4 aliphatic carbocycles. The zero-order valence-electron chi connectivity index (χ0n) is 16.8. The van der Waals surface area contributed by atoms with Gasteiger partial charge in [0.2, 0.25) is 15.9 Å². The molecule has 6 rings (SSSR count). The van der Waals surface area contributed by atoms with Gasteiger partial charge >= 0.3 is 0 Å². The van der Waals surface area contributed by atoms with Gasteiger partial charge in [-0.2, -0.15) is 4.31 Å². The van der Waals surface area contributed by atoms with Crippen molar-refractivity contribution in [2.75, 3.05) is 31.6 Å². The smallest absolute Gasteiger partial charge is 0.243 e. The molecule has 4 bridgehead atoms. The van der Waals surface area contributed by atoms with Crippen LogP contribution < -0.4 is 5.32 Å². The van der Waals surface area contributed by atoms with Crippen molar-refractivity contribution in [2.45, 2.75) is 49.8 Å². The van der Waals surface area contributed by atoms with E-state index in [4.69, 9.17) is 4.74 Å². The predicted molar refractivity (Wildman–Crippen MR) is 110 cm³/mol. The van der Waals surface area contributed by atoms with E-state index in [-0.39, 0.29) is 16.2 Å². The largest absolute Gasteiger partial charge is 0.379 e. The first-order valence-electron chi connectivity index (χ1n) is 10.9. The highest BCUT2D eigenvalue weighted by atomic mass is 32.2. The highest BCUT2D eigenvalue weighted by Crippen LogP contribution is 2.58. The molecule has 1 saturated heterocycles. The van der Waals surface area contributed by atoms with Gasteiger partial charge in [0.1, 0.15) is 0 Å². The van der Waals surface area contributed by atoms with Crippen LogP contribution in [0.2, 0.25) is 0 Å². The molecule has 1 aromatic rings. The summed E-state index contributed by atoms with van der Waals surface area (Å²) in [4.78, 5) is 13.6. The van der Waals surface area contributed by atoms with E-state index >= 15 is 0 Å². The summed E-state index contributed by atoms with van der Waals surface area (Å²) < 4.78 is 32.3. The Morgan fingerprint density at radius 3 is 2.17 bits per heavy atom. The lowest BCUT2D eigenvalue weighted by Crippen LogP contribution is -2.46. The Hall–Kier alpha value is -1.44. The van der Waals surface area contributed by atoms with Crippen molar-refractivity contribution in [3.8, 4) is 0 Å². The normalized spacial score (nSPS) is 34.7. The van der Waals surface area contributed by atoms with Crippen molar-refractivity contribution in [2.24, 2.45) is 23.2 Å². The minimum atomic E-state index is -3.51. The van der Waals surface area contributed by atoms with Crippen molar-refractivity contribution >= 4 is 21.6 Å². The number of sulfonamides is 1. The Labute approximate surface area is 173 Å². The molecule has 29 heavy (non-hydrogen) atoms. The van der Waals surface area contributed by atoms with Crippen LogP contribution in [0.3, 0.4) is 0 Å². The second-order valence-electron chi connectivity index (χ2n) is 9.53. The predicted octanol–water partition coefficient (Wildman–Crippen LogP) is 3.25. The maximum absolute atomic E-state index is 13.3. The molecule has 6 nitrogen and oxygen atoms in total. The number of rotatable bonds is 4. The number of carbonyl (C=O) groups is 1. The molecule has 7 heteroatoms. The number of anilines is 1. The van der Waals surface area contributed by atoms with Gasteiger partial charge in [0.05, 0.1) is 23.5 Å². The van der Waals surface area contributed by atoms with Crippen molar-refractivity contribution in [1.82, 2.24) is 4.31 Å². The topological polar surface area (TPSA) is 75.7 Å². The summed E-state index contributed by atoms with van der Waals surface area (Å²) in [5.41, 5.74) is 0.469. The third-order valence-electron chi connectivity index (χ3n) is 7.56. The van der Waals surface area contributed by atoms with Crippen molar-refractivity contribution in [3.63, 3.8) is 0 Å². The lowest BCUT2D eigenvalue weighted by Gasteiger charge is -2.47.